The normalized spacial score (nSPS) is 14.0. The SMILES string of the molecule is COc1cc(CNC2CC2)ccc1OCc1ncccn1. The van der Waals surface area contributed by atoms with Gasteiger partial charge < -0.3 is 14.8 Å². The summed E-state index contributed by atoms with van der Waals surface area (Å²) in [7, 11) is 1.65. The minimum Gasteiger partial charge on any atom is -0.493 e. The van der Waals surface area contributed by atoms with Crippen molar-refractivity contribution in [1.29, 1.82) is 0 Å². The van der Waals surface area contributed by atoms with Gasteiger partial charge >= 0.3 is 0 Å². The van der Waals surface area contributed by atoms with E-state index in [0.29, 0.717) is 24.2 Å². The summed E-state index contributed by atoms with van der Waals surface area (Å²) in [4.78, 5) is 8.27. The Kier molecular flexibility index (Phi) is 4.31. The van der Waals surface area contributed by atoms with Crippen molar-refractivity contribution in [3.05, 3.63) is 48.0 Å². The van der Waals surface area contributed by atoms with Crippen LogP contribution < -0.4 is 14.8 Å². The van der Waals surface area contributed by atoms with E-state index in [4.69, 9.17) is 9.47 Å². The fourth-order valence-corrected chi connectivity index (χ4v) is 2.04. The van der Waals surface area contributed by atoms with Crippen molar-refractivity contribution in [3.8, 4) is 11.5 Å². The number of benzene rings is 1. The third-order valence-electron chi connectivity index (χ3n) is 3.38. The average molecular weight is 285 g/mol. The van der Waals surface area contributed by atoms with Gasteiger partial charge in [-0.1, -0.05) is 6.07 Å². The molecule has 5 heteroatoms. The predicted octanol–water partition coefficient (Wildman–Crippen LogP) is 2.32. The summed E-state index contributed by atoms with van der Waals surface area (Å²) < 4.78 is 11.1. The number of ether oxygens (including phenoxy) is 2. The third kappa shape index (κ3) is 3.92. The van der Waals surface area contributed by atoms with E-state index in [1.807, 2.05) is 12.1 Å². The highest BCUT2D eigenvalue weighted by molar-refractivity contribution is 5.43. The molecule has 0 unspecified atom stereocenters. The maximum absolute atomic E-state index is 5.74. The van der Waals surface area contributed by atoms with Gasteiger partial charge in [0.2, 0.25) is 0 Å². The molecule has 2 aromatic rings. The van der Waals surface area contributed by atoms with Crippen LogP contribution in [0.4, 0.5) is 0 Å². The monoisotopic (exact) mass is 285 g/mol. The lowest BCUT2D eigenvalue weighted by atomic mass is 10.2. The summed E-state index contributed by atoms with van der Waals surface area (Å²) in [5, 5.41) is 3.49. The van der Waals surface area contributed by atoms with E-state index in [-0.39, 0.29) is 0 Å². The molecule has 110 valence electrons. The Morgan fingerprint density at radius 1 is 1.19 bits per heavy atom. The molecular weight excluding hydrogens is 266 g/mol. The van der Waals surface area contributed by atoms with Crippen LogP contribution in [-0.2, 0) is 13.2 Å². The summed E-state index contributed by atoms with van der Waals surface area (Å²) in [5.74, 6) is 2.10. The first kappa shape index (κ1) is 13.8. The molecule has 0 atom stereocenters. The molecule has 1 fully saturated rings. The third-order valence-corrected chi connectivity index (χ3v) is 3.38. The lowest BCUT2D eigenvalue weighted by molar-refractivity contribution is 0.276. The summed E-state index contributed by atoms with van der Waals surface area (Å²) in [6.45, 7) is 1.19. The largest absolute Gasteiger partial charge is 0.493 e. The molecule has 21 heavy (non-hydrogen) atoms. The molecule has 1 saturated carbocycles. The standard InChI is InChI=1S/C16H19N3O2/c1-20-15-9-12(10-19-13-4-5-13)3-6-14(15)21-11-16-17-7-2-8-18-16/h2-3,6-9,13,19H,4-5,10-11H2,1H3. The molecule has 1 aliphatic carbocycles. The molecule has 0 bridgehead atoms. The lowest BCUT2D eigenvalue weighted by Crippen LogP contribution is -2.15. The zero-order valence-corrected chi connectivity index (χ0v) is 12.1. The molecule has 0 amide bonds. The van der Waals surface area contributed by atoms with Crippen molar-refractivity contribution in [2.24, 2.45) is 0 Å². The molecule has 1 heterocycles. The predicted molar refractivity (Wildman–Crippen MR) is 79.2 cm³/mol. The van der Waals surface area contributed by atoms with Crippen molar-refractivity contribution in [3.63, 3.8) is 0 Å². The Balaban J connectivity index is 1.63. The molecule has 0 radical (unpaired) electrons. The summed E-state index contributed by atoms with van der Waals surface area (Å²) in [6, 6.07) is 8.48. The van der Waals surface area contributed by atoms with Crippen molar-refractivity contribution in [1.82, 2.24) is 15.3 Å². The zero-order chi connectivity index (χ0) is 14.5. The van der Waals surface area contributed by atoms with Gasteiger partial charge in [-0.25, -0.2) is 9.97 Å². The van der Waals surface area contributed by atoms with Crippen molar-refractivity contribution >= 4 is 0 Å². The topological polar surface area (TPSA) is 56.3 Å². The Morgan fingerprint density at radius 3 is 2.71 bits per heavy atom. The minimum atomic E-state index is 0.330. The number of aromatic nitrogens is 2. The Labute approximate surface area is 124 Å². The van der Waals surface area contributed by atoms with Gasteiger partial charge in [0.1, 0.15) is 6.61 Å². The number of nitrogens with one attached hydrogen (secondary N) is 1. The maximum Gasteiger partial charge on any atom is 0.166 e. The number of hydrogen-bond donors (Lipinski definition) is 1. The lowest BCUT2D eigenvalue weighted by Gasteiger charge is -2.12. The Hall–Kier alpha value is -2.14. The first-order valence-corrected chi connectivity index (χ1v) is 7.14. The molecule has 5 nitrogen and oxygen atoms in total. The van der Waals surface area contributed by atoms with Crippen molar-refractivity contribution < 1.29 is 9.47 Å². The quantitative estimate of drug-likeness (QED) is 0.846. The van der Waals surface area contributed by atoms with Crippen LogP contribution in [0, 0.1) is 0 Å². The van der Waals surface area contributed by atoms with E-state index in [2.05, 4.69) is 21.4 Å². The van der Waals surface area contributed by atoms with Crippen LogP contribution in [0.1, 0.15) is 24.2 Å². The first-order chi connectivity index (χ1) is 10.3. The van der Waals surface area contributed by atoms with Gasteiger partial charge in [-0.15, -0.1) is 0 Å². The van der Waals surface area contributed by atoms with Crippen molar-refractivity contribution in [2.75, 3.05) is 7.11 Å². The second-order valence-electron chi connectivity index (χ2n) is 5.09. The van der Waals surface area contributed by atoms with E-state index in [1.165, 1.54) is 18.4 Å². The maximum atomic E-state index is 5.74. The van der Waals surface area contributed by atoms with E-state index < -0.39 is 0 Å². The number of rotatable bonds is 7. The minimum absolute atomic E-state index is 0.330. The van der Waals surface area contributed by atoms with Crippen LogP contribution in [0.15, 0.2) is 36.7 Å². The second-order valence-corrected chi connectivity index (χ2v) is 5.09. The van der Waals surface area contributed by atoms with Crippen LogP contribution >= 0.6 is 0 Å². The highest BCUT2D eigenvalue weighted by atomic mass is 16.5. The highest BCUT2D eigenvalue weighted by Gasteiger charge is 2.20. The summed E-state index contributed by atoms with van der Waals surface area (Å²) in [5.41, 5.74) is 1.20. The molecule has 1 aromatic carbocycles. The molecule has 3 rings (SSSR count). The fraction of sp³-hybridized carbons (Fsp3) is 0.375. The number of hydrogen-bond acceptors (Lipinski definition) is 5. The van der Waals surface area contributed by atoms with Gasteiger partial charge in [0, 0.05) is 25.0 Å². The van der Waals surface area contributed by atoms with Crippen LogP contribution in [0.3, 0.4) is 0 Å². The van der Waals surface area contributed by atoms with Crippen LogP contribution in [0.5, 0.6) is 11.5 Å². The molecule has 1 aliphatic rings. The van der Waals surface area contributed by atoms with Gasteiger partial charge in [0.25, 0.3) is 0 Å². The van der Waals surface area contributed by atoms with Crippen LogP contribution in [-0.4, -0.2) is 23.1 Å². The first-order valence-electron chi connectivity index (χ1n) is 7.14. The Morgan fingerprint density at radius 2 is 2.00 bits per heavy atom. The smallest absolute Gasteiger partial charge is 0.166 e. The van der Waals surface area contributed by atoms with Crippen LogP contribution in [0.2, 0.25) is 0 Å². The molecule has 1 aromatic heterocycles. The summed E-state index contributed by atoms with van der Waals surface area (Å²) >= 11 is 0. The molecule has 1 N–H and O–H groups in total. The summed E-state index contributed by atoms with van der Waals surface area (Å²) in [6.07, 6.45) is 5.98. The van der Waals surface area contributed by atoms with E-state index in [9.17, 15) is 0 Å². The molecule has 0 saturated heterocycles. The number of nitrogens with zero attached hydrogens (tertiary/aromatic N) is 2. The zero-order valence-electron chi connectivity index (χ0n) is 12.1. The highest BCUT2D eigenvalue weighted by Crippen LogP contribution is 2.29. The van der Waals surface area contributed by atoms with E-state index >= 15 is 0 Å². The van der Waals surface area contributed by atoms with Gasteiger partial charge in [0.05, 0.1) is 7.11 Å². The average Bonchev–Trinajstić information content (AvgIpc) is 3.36. The molecule has 0 spiro atoms. The van der Waals surface area contributed by atoms with Crippen molar-refractivity contribution in [2.45, 2.75) is 32.0 Å². The van der Waals surface area contributed by atoms with Gasteiger partial charge in [-0.2, -0.15) is 0 Å². The van der Waals surface area contributed by atoms with Gasteiger partial charge in [-0.05, 0) is 36.6 Å². The number of methoxy groups -OCH3 is 1. The van der Waals surface area contributed by atoms with E-state index in [1.54, 1.807) is 25.6 Å². The van der Waals surface area contributed by atoms with Gasteiger partial charge in [0.15, 0.2) is 17.3 Å². The molecule has 0 aliphatic heterocycles. The second kappa shape index (κ2) is 6.54. The van der Waals surface area contributed by atoms with Crippen LogP contribution in [0.25, 0.3) is 0 Å². The van der Waals surface area contributed by atoms with E-state index in [0.717, 1.165) is 12.3 Å². The fourth-order valence-electron chi connectivity index (χ4n) is 2.04. The Bertz CT molecular complexity index is 585. The molecular formula is C16H19N3O2. The van der Waals surface area contributed by atoms with Gasteiger partial charge in [-0.3, -0.25) is 0 Å².